The largest absolute Gasteiger partial charge is 0.316 e. The average Bonchev–Trinajstić information content (AvgIpc) is 2.30. The molecule has 0 amide bonds. The van der Waals surface area contributed by atoms with E-state index in [4.69, 9.17) is 0 Å². The normalized spacial score (nSPS) is 13.4. The topological polar surface area (TPSA) is 29.1 Å². The summed E-state index contributed by atoms with van der Waals surface area (Å²) in [4.78, 5) is 12.4. The molecule has 0 aromatic heterocycles. The Morgan fingerprint density at radius 1 is 1.28 bits per heavy atom. The van der Waals surface area contributed by atoms with Gasteiger partial charge < -0.3 is 5.32 Å². The molecule has 0 spiro atoms. The van der Waals surface area contributed by atoms with Gasteiger partial charge >= 0.3 is 0 Å². The minimum atomic E-state index is -0.394. The second kappa shape index (κ2) is 6.10. The molecule has 1 atom stereocenters. The maximum absolute atomic E-state index is 12.9. The number of carbonyl (C=O) groups is 1. The molecule has 0 radical (unpaired) electrons. The molecule has 0 aliphatic carbocycles. The van der Waals surface area contributed by atoms with E-state index in [-0.39, 0.29) is 17.5 Å². The molecule has 0 saturated heterocycles. The smallest absolute Gasteiger partial charge is 0.146 e. The molecule has 0 fully saturated rings. The lowest BCUT2D eigenvalue weighted by molar-refractivity contribution is -0.127. The lowest BCUT2D eigenvalue weighted by Crippen LogP contribution is -2.33. The summed E-state index contributed by atoms with van der Waals surface area (Å²) in [5, 5.41) is 3.20. The minimum Gasteiger partial charge on any atom is -0.316 e. The fourth-order valence-electron chi connectivity index (χ4n) is 1.87. The van der Waals surface area contributed by atoms with Gasteiger partial charge in [0.2, 0.25) is 0 Å². The zero-order chi connectivity index (χ0) is 13.8. The number of halogens is 1. The van der Waals surface area contributed by atoms with Crippen LogP contribution in [-0.4, -0.2) is 18.9 Å². The van der Waals surface area contributed by atoms with E-state index in [2.05, 4.69) is 5.32 Å². The molecule has 1 aromatic rings. The van der Waals surface area contributed by atoms with Gasteiger partial charge in [-0.25, -0.2) is 4.39 Å². The van der Waals surface area contributed by atoms with Crippen LogP contribution in [0.5, 0.6) is 0 Å². The SMILES string of the molecule is CCNCC(C(=O)C(C)(C)C)c1ccc(F)cc1. The molecule has 0 aliphatic heterocycles. The van der Waals surface area contributed by atoms with Crippen molar-refractivity contribution in [2.45, 2.75) is 33.6 Å². The number of hydrogen-bond donors (Lipinski definition) is 1. The van der Waals surface area contributed by atoms with E-state index in [9.17, 15) is 9.18 Å². The third-order valence-corrected chi connectivity index (χ3v) is 2.93. The first-order chi connectivity index (χ1) is 8.36. The van der Waals surface area contributed by atoms with Gasteiger partial charge in [-0.05, 0) is 24.2 Å². The van der Waals surface area contributed by atoms with Crippen molar-refractivity contribution >= 4 is 5.78 Å². The molecule has 18 heavy (non-hydrogen) atoms. The summed E-state index contributed by atoms with van der Waals surface area (Å²) in [6.07, 6.45) is 0. The first-order valence-corrected chi connectivity index (χ1v) is 6.36. The fourth-order valence-corrected chi connectivity index (χ4v) is 1.87. The van der Waals surface area contributed by atoms with Crippen molar-refractivity contribution in [3.05, 3.63) is 35.6 Å². The molecule has 0 bridgehead atoms. The molecule has 1 aromatic carbocycles. The third-order valence-electron chi connectivity index (χ3n) is 2.93. The average molecular weight is 251 g/mol. The molecule has 100 valence electrons. The summed E-state index contributed by atoms with van der Waals surface area (Å²) in [6.45, 7) is 9.16. The fraction of sp³-hybridized carbons (Fsp3) is 0.533. The summed E-state index contributed by atoms with van der Waals surface area (Å²) in [5.41, 5.74) is 0.478. The second-order valence-corrected chi connectivity index (χ2v) is 5.53. The highest BCUT2D eigenvalue weighted by Crippen LogP contribution is 2.27. The highest BCUT2D eigenvalue weighted by molar-refractivity contribution is 5.90. The molecule has 0 heterocycles. The van der Waals surface area contributed by atoms with E-state index < -0.39 is 5.41 Å². The second-order valence-electron chi connectivity index (χ2n) is 5.53. The van der Waals surface area contributed by atoms with Crippen molar-refractivity contribution in [1.82, 2.24) is 5.32 Å². The number of nitrogens with one attached hydrogen (secondary N) is 1. The lowest BCUT2D eigenvalue weighted by atomic mass is 9.80. The molecule has 3 heteroatoms. The summed E-state index contributed by atoms with van der Waals surface area (Å²) in [7, 11) is 0. The van der Waals surface area contributed by atoms with Gasteiger partial charge in [0.05, 0.1) is 5.92 Å². The number of hydrogen-bond acceptors (Lipinski definition) is 2. The number of rotatable bonds is 5. The molecule has 2 nitrogen and oxygen atoms in total. The van der Waals surface area contributed by atoms with Gasteiger partial charge in [-0.3, -0.25) is 4.79 Å². The van der Waals surface area contributed by atoms with Crippen LogP contribution in [0.2, 0.25) is 0 Å². The number of Topliss-reactive ketones (excluding diaryl/α,β-unsaturated/α-hetero) is 1. The van der Waals surface area contributed by atoms with Crippen LogP contribution in [0.1, 0.15) is 39.2 Å². The van der Waals surface area contributed by atoms with Crippen molar-refractivity contribution in [2.24, 2.45) is 5.41 Å². The number of benzene rings is 1. The predicted octanol–water partition coefficient (Wildman–Crippen LogP) is 3.13. The summed E-state index contributed by atoms with van der Waals surface area (Å²) in [5.74, 6) is -0.315. The first kappa shape index (κ1) is 14.8. The standard InChI is InChI=1S/C15H22FNO/c1-5-17-10-13(14(18)15(2,3)4)11-6-8-12(16)9-7-11/h6-9,13,17H,5,10H2,1-4H3. The lowest BCUT2D eigenvalue weighted by Gasteiger charge is -2.25. The molecule has 0 saturated carbocycles. The quantitative estimate of drug-likeness (QED) is 0.871. The Morgan fingerprint density at radius 3 is 2.28 bits per heavy atom. The van der Waals surface area contributed by atoms with Gasteiger partial charge in [0.1, 0.15) is 11.6 Å². The zero-order valence-electron chi connectivity index (χ0n) is 11.6. The zero-order valence-corrected chi connectivity index (χ0v) is 11.6. The monoisotopic (exact) mass is 251 g/mol. The van der Waals surface area contributed by atoms with Gasteiger partial charge in [0.15, 0.2) is 0 Å². The van der Waals surface area contributed by atoms with Crippen molar-refractivity contribution in [3.8, 4) is 0 Å². The van der Waals surface area contributed by atoms with Crippen LogP contribution in [0.3, 0.4) is 0 Å². The van der Waals surface area contributed by atoms with Crippen LogP contribution in [0.25, 0.3) is 0 Å². The summed E-state index contributed by atoms with van der Waals surface area (Å²) in [6, 6.07) is 6.20. The summed E-state index contributed by atoms with van der Waals surface area (Å²) >= 11 is 0. The van der Waals surface area contributed by atoms with E-state index >= 15 is 0 Å². The molecular weight excluding hydrogens is 229 g/mol. The van der Waals surface area contributed by atoms with Gasteiger partial charge in [-0.2, -0.15) is 0 Å². The predicted molar refractivity (Wildman–Crippen MR) is 72.1 cm³/mol. The van der Waals surface area contributed by atoms with Crippen molar-refractivity contribution < 1.29 is 9.18 Å². The third kappa shape index (κ3) is 3.91. The number of carbonyl (C=O) groups excluding carboxylic acids is 1. The van der Waals surface area contributed by atoms with Crippen molar-refractivity contribution in [1.29, 1.82) is 0 Å². The first-order valence-electron chi connectivity index (χ1n) is 6.36. The van der Waals surface area contributed by atoms with Gasteiger partial charge in [0, 0.05) is 12.0 Å². The Kier molecular flexibility index (Phi) is 5.03. The Bertz CT molecular complexity index is 392. The van der Waals surface area contributed by atoms with Crippen LogP contribution < -0.4 is 5.32 Å². The molecule has 1 N–H and O–H groups in total. The van der Waals surface area contributed by atoms with Crippen LogP contribution in [0.15, 0.2) is 24.3 Å². The van der Waals surface area contributed by atoms with Crippen LogP contribution in [0, 0.1) is 11.2 Å². The molecule has 1 rings (SSSR count). The highest BCUT2D eigenvalue weighted by Gasteiger charge is 2.30. The minimum absolute atomic E-state index is 0.176. The molecule has 1 unspecified atom stereocenters. The van der Waals surface area contributed by atoms with E-state index in [1.54, 1.807) is 12.1 Å². The van der Waals surface area contributed by atoms with Crippen LogP contribution >= 0.6 is 0 Å². The van der Waals surface area contributed by atoms with Gasteiger partial charge in [0.25, 0.3) is 0 Å². The van der Waals surface area contributed by atoms with Crippen molar-refractivity contribution in [2.75, 3.05) is 13.1 Å². The van der Waals surface area contributed by atoms with Gasteiger partial charge in [-0.1, -0.05) is 39.8 Å². The Morgan fingerprint density at radius 2 is 1.83 bits per heavy atom. The Hall–Kier alpha value is -1.22. The summed E-state index contributed by atoms with van der Waals surface area (Å²) < 4.78 is 12.9. The van der Waals surface area contributed by atoms with Crippen LogP contribution in [-0.2, 0) is 4.79 Å². The number of likely N-dealkylation sites (N-methyl/N-ethyl adjacent to an activating group) is 1. The maximum atomic E-state index is 12.9. The van der Waals surface area contributed by atoms with Crippen LogP contribution in [0.4, 0.5) is 4.39 Å². The number of ketones is 1. The molecular formula is C15H22FNO. The van der Waals surface area contributed by atoms with E-state index in [1.807, 2.05) is 27.7 Å². The maximum Gasteiger partial charge on any atom is 0.146 e. The van der Waals surface area contributed by atoms with Crippen molar-refractivity contribution in [3.63, 3.8) is 0 Å². The van der Waals surface area contributed by atoms with E-state index in [1.165, 1.54) is 12.1 Å². The Labute approximate surface area is 109 Å². The van der Waals surface area contributed by atoms with E-state index in [0.29, 0.717) is 6.54 Å². The molecule has 0 aliphatic rings. The highest BCUT2D eigenvalue weighted by atomic mass is 19.1. The van der Waals surface area contributed by atoms with E-state index in [0.717, 1.165) is 12.1 Å². The van der Waals surface area contributed by atoms with Gasteiger partial charge in [-0.15, -0.1) is 0 Å². The Balaban J connectivity index is 2.98.